The van der Waals surface area contributed by atoms with Gasteiger partial charge in [-0.2, -0.15) is 4.31 Å². The number of hydrogen-bond acceptors (Lipinski definition) is 7. The fraction of sp³-hybridized carbons (Fsp3) is 0.250. The van der Waals surface area contributed by atoms with Crippen LogP contribution in [-0.4, -0.2) is 59.0 Å². The summed E-state index contributed by atoms with van der Waals surface area (Å²) in [5, 5.41) is -0.0141. The summed E-state index contributed by atoms with van der Waals surface area (Å²) in [7, 11) is -7.87. The van der Waals surface area contributed by atoms with Crippen LogP contribution in [0.2, 0.25) is 5.02 Å². The van der Waals surface area contributed by atoms with Gasteiger partial charge in [0.05, 0.1) is 14.8 Å². The molecule has 11 heteroatoms. The Kier molecular flexibility index (Phi) is 6.49. The van der Waals surface area contributed by atoms with Crippen LogP contribution in [0.15, 0.2) is 81.4 Å². The molecule has 3 aromatic rings. The lowest BCUT2D eigenvalue weighted by atomic mass is 10.2. The number of ether oxygens (including phenoxy) is 2. The lowest BCUT2D eigenvalue weighted by molar-refractivity contribution is 0.173. The van der Waals surface area contributed by atoms with E-state index in [4.69, 9.17) is 21.1 Å². The van der Waals surface area contributed by atoms with E-state index >= 15 is 0 Å². The van der Waals surface area contributed by atoms with Crippen LogP contribution in [0.3, 0.4) is 0 Å². The maximum Gasteiger partial charge on any atom is 0.244 e. The maximum absolute atomic E-state index is 13.4. The highest BCUT2D eigenvalue weighted by molar-refractivity contribution is 7.91. The van der Waals surface area contributed by atoms with Crippen LogP contribution in [-0.2, 0) is 26.4 Å². The van der Waals surface area contributed by atoms with Crippen LogP contribution >= 0.6 is 11.6 Å². The Bertz CT molecular complexity index is 1450. The third kappa shape index (κ3) is 4.76. The molecular weight excluding hydrogens is 512 g/mol. The van der Waals surface area contributed by atoms with Crippen molar-refractivity contribution in [2.45, 2.75) is 21.2 Å². The van der Waals surface area contributed by atoms with E-state index in [1.54, 1.807) is 18.2 Å². The molecule has 3 aromatic carbocycles. The van der Waals surface area contributed by atoms with E-state index in [2.05, 4.69) is 4.90 Å². The van der Waals surface area contributed by atoms with Gasteiger partial charge in [-0.1, -0.05) is 35.9 Å². The van der Waals surface area contributed by atoms with Gasteiger partial charge in [0.15, 0.2) is 11.5 Å². The summed E-state index contributed by atoms with van der Waals surface area (Å²) in [6.07, 6.45) is 0. The van der Waals surface area contributed by atoms with E-state index in [9.17, 15) is 16.8 Å². The molecule has 0 atom stereocenters. The number of sulfonamides is 1. The number of piperazine rings is 1. The molecule has 0 bridgehead atoms. The molecule has 0 aliphatic carbocycles. The summed E-state index contributed by atoms with van der Waals surface area (Å²) in [6.45, 7) is 2.43. The van der Waals surface area contributed by atoms with Crippen molar-refractivity contribution in [1.29, 1.82) is 0 Å². The van der Waals surface area contributed by atoms with Crippen molar-refractivity contribution < 1.29 is 26.3 Å². The topological polar surface area (TPSA) is 93.2 Å². The summed E-state index contributed by atoms with van der Waals surface area (Å²) < 4.78 is 65.0. The van der Waals surface area contributed by atoms with Gasteiger partial charge in [0.25, 0.3) is 0 Å². The van der Waals surface area contributed by atoms with Crippen LogP contribution < -0.4 is 9.47 Å². The SMILES string of the molecule is O=S(=O)(c1ccccc1)c1ccc(Cl)c(S(=O)(=O)N2CCN(Cc3ccc4c(c3)OCO4)CC2)c1. The van der Waals surface area contributed by atoms with E-state index in [1.807, 2.05) is 18.2 Å². The number of fused-ring (bicyclic) bond motifs is 1. The van der Waals surface area contributed by atoms with Gasteiger partial charge in [0, 0.05) is 32.7 Å². The molecule has 0 N–H and O–H groups in total. The van der Waals surface area contributed by atoms with Crippen molar-refractivity contribution in [3.05, 3.63) is 77.3 Å². The molecule has 8 nitrogen and oxygen atoms in total. The van der Waals surface area contributed by atoms with E-state index in [0.717, 1.165) is 17.4 Å². The molecule has 0 amide bonds. The molecule has 1 saturated heterocycles. The minimum absolute atomic E-state index is 0.0141. The summed E-state index contributed by atoms with van der Waals surface area (Å²) in [5.41, 5.74) is 1.05. The van der Waals surface area contributed by atoms with Crippen LogP contribution in [0.1, 0.15) is 5.56 Å². The largest absolute Gasteiger partial charge is 0.454 e. The van der Waals surface area contributed by atoms with Gasteiger partial charge in [0.1, 0.15) is 4.90 Å². The van der Waals surface area contributed by atoms with Crippen molar-refractivity contribution in [3.8, 4) is 11.5 Å². The first kappa shape index (κ1) is 24.1. The quantitative estimate of drug-likeness (QED) is 0.478. The maximum atomic E-state index is 13.4. The molecule has 2 heterocycles. The Labute approximate surface area is 209 Å². The Morgan fingerprint density at radius 3 is 2.23 bits per heavy atom. The predicted octanol–water partition coefficient (Wildman–Crippen LogP) is 3.41. The fourth-order valence-corrected chi connectivity index (χ4v) is 7.45. The number of hydrogen-bond donors (Lipinski definition) is 0. The molecule has 35 heavy (non-hydrogen) atoms. The van der Waals surface area contributed by atoms with Gasteiger partial charge >= 0.3 is 0 Å². The molecule has 184 valence electrons. The Morgan fingerprint density at radius 1 is 0.771 bits per heavy atom. The molecule has 0 radical (unpaired) electrons. The molecule has 0 saturated carbocycles. The van der Waals surface area contributed by atoms with Gasteiger partial charge < -0.3 is 9.47 Å². The first-order valence-corrected chi connectivity index (χ1v) is 14.3. The second-order valence-corrected chi connectivity index (χ2v) is 12.5. The number of rotatable bonds is 6. The first-order valence-electron chi connectivity index (χ1n) is 11.0. The lowest BCUT2D eigenvalue weighted by Crippen LogP contribution is -2.48. The molecule has 0 spiro atoms. The van der Waals surface area contributed by atoms with Crippen molar-refractivity contribution in [1.82, 2.24) is 9.21 Å². The average molecular weight is 535 g/mol. The minimum atomic E-state index is -3.99. The third-order valence-corrected chi connectivity index (χ3v) is 10.2. The van der Waals surface area contributed by atoms with Crippen LogP contribution in [0.25, 0.3) is 0 Å². The lowest BCUT2D eigenvalue weighted by Gasteiger charge is -2.34. The molecular formula is C24H23ClN2O6S2. The van der Waals surface area contributed by atoms with Crippen molar-refractivity contribution >= 4 is 31.5 Å². The molecule has 2 aliphatic rings. The van der Waals surface area contributed by atoms with Crippen molar-refractivity contribution in [3.63, 3.8) is 0 Å². The van der Waals surface area contributed by atoms with E-state index < -0.39 is 19.9 Å². The number of halogens is 1. The number of nitrogens with zero attached hydrogens (tertiary/aromatic N) is 2. The van der Waals surface area contributed by atoms with Crippen LogP contribution in [0.5, 0.6) is 11.5 Å². The second kappa shape index (κ2) is 9.44. The Morgan fingerprint density at radius 2 is 1.49 bits per heavy atom. The highest BCUT2D eigenvalue weighted by Gasteiger charge is 2.32. The van der Waals surface area contributed by atoms with Crippen LogP contribution in [0.4, 0.5) is 0 Å². The predicted molar refractivity (Wildman–Crippen MR) is 130 cm³/mol. The molecule has 5 rings (SSSR count). The van der Waals surface area contributed by atoms with Gasteiger partial charge in [-0.05, 0) is 48.0 Å². The summed E-state index contributed by atoms with van der Waals surface area (Å²) in [6, 6.07) is 17.5. The first-order chi connectivity index (χ1) is 16.7. The molecule has 0 unspecified atom stereocenters. The van der Waals surface area contributed by atoms with Gasteiger partial charge in [0.2, 0.25) is 26.7 Å². The zero-order valence-corrected chi connectivity index (χ0v) is 21.0. The Balaban J connectivity index is 1.32. The van der Waals surface area contributed by atoms with Crippen molar-refractivity contribution in [2.24, 2.45) is 0 Å². The second-order valence-electron chi connectivity index (χ2n) is 8.28. The third-order valence-electron chi connectivity index (χ3n) is 6.06. The zero-order chi connectivity index (χ0) is 24.6. The molecule has 0 aromatic heterocycles. The average Bonchev–Trinajstić information content (AvgIpc) is 3.33. The number of sulfone groups is 1. The zero-order valence-electron chi connectivity index (χ0n) is 18.6. The highest BCUT2D eigenvalue weighted by atomic mass is 35.5. The minimum Gasteiger partial charge on any atom is -0.454 e. The van der Waals surface area contributed by atoms with Gasteiger partial charge in [-0.25, -0.2) is 16.8 Å². The van der Waals surface area contributed by atoms with Gasteiger partial charge in [-0.3, -0.25) is 4.90 Å². The smallest absolute Gasteiger partial charge is 0.244 e. The van der Waals surface area contributed by atoms with Gasteiger partial charge in [-0.15, -0.1) is 0 Å². The van der Waals surface area contributed by atoms with Crippen LogP contribution in [0, 0.1) is 0 Å². The molecule has 2 aliphatic heterocycles. The normalized spacial score (nSPS) is 16.9. The summed E-state index contributed by atoms with van der Waals surface area (Å²) in [5.74, 6) is 1.43. The molecule has 1 fully saturated rings. The van der Waals surface area contributed by atoms with E-state index in [1.165, 1.54) is 28.6 Å². The Hall–Kier alpha value is -2.63. The number of benzene rings is 3. The van der Waals surface area contributed by atoms with E-state index in [-0.39, 0.29) is 39.6 Å². The monoisotopic (exact) mass is 534 g/mol. The van der Waals surface area contributed by atoms with Crippen molar-refractivity contribution in [2.75, 3.05) is 33.0 Å². The summed E-state index contributed by atoms with van der Waals surface area (Å²) >= 11 is 6.25. The fourth-order valence-electron chi connectivity index (χ4n) is 4.15. The highest BCUT2D eigenvalue weighted by Crippen LogP contribution is 2.33. The van der Waals surface area contributed by atoms with E-state index in [0.29, 0.717) is 25.4 Å². The summed E-state index contributed by atoms with van der Waals surface area (Å²) in [4.78, 5) is 1.91. The standard InChI is InChI=1S/C24H23ClN2O6S2/c25-21-8-7-20(34(28,29)19-4-2-1-3-5-19)15-24(21)35(30,31)27-12-10-26(11-13-27)16-18-6-9-22-23(14-18)33-17-32-22/h1-9,14-15H,10-13,16-17H2.